The summed E-state index contributed by atoms with van der Waals surface area (Å²) in [7, 11) is 2.18. The minimum atomic E-state index is -0.456. The van der Waals surface area contributed by atoms with Crippen LogP contribution in [0.2, 0.25) is 0 Å². The molecule has 3 heterocycles. The summed E-state index contributed by atoms with van der Waals surface area (Å²) < 4.78 is 0. The highest BCUT2D eigenvalue weighted by Gasteiger charge is 2.26. The summed E-state index contributed by atoms with van der Waals surface area (Å²) in [4.78, 5) is 17.6. The third kappa shape index (κ3) is 1.65. The Hall–Kier alpha value is -1.66. The minimum absolute atomic E-state index is 0.448. The maximum absolute atomic E-state index is 11.3. The molecule has 94 valence electrons. The molecule has 1 aliphatic rings. The number of H-pyrrole nitrogens is 1. The number of amides is 1. The van der Waals surface area contributed by atoms with Crippen molar-refractivity contribution in [2.24, 2.45) is 5.73 Å². The van der Waals surface area contributed by atoms with Crippen LogP contribution in [0.3, 0.4) is 0 Å². The van der Waals surface area contributed by atoms with E-state index in [0.29, 0.717) is 10.6 Å². The Labute approximate surface area is 108 Å². The third-order valence-electron chi connectivity index (χ3n) is 3.47. The van der Waals surface area contributed by atoms with Crippen molar-refractivity contribution in [3.05, 3.63) is 22.2 Å². The Balaban J connectivity index is 2.22. The second-order valence-corrected chi connectivity index (χ2v) is 5.88. The van der Waals surface area contributed by atoms with Gasteiger partial charge in [0.1, 0.15) is 11.4 Å². The van der Waals surface area contributed by atoms with Gasteiger partial charge in [0.05, 0.1) is 36.7 Å². The number of aromatic amines is 1. The largest absolute Gasteiger partial charge is 0.397 e. The van der Waals surface area contributed by atoms with Crippen molar-refractivity contribution in [1.82, 2.24) is 0 Å². The Morgan fingerprint density at radius 1 is 1.56 bits per heavy atom. The van der Waals surface area contributed by atoms with Crippen LogP contribution in [0.5, 0.6) is 0 Å². The number of pyridine rings is 1. The number of nitrogen functional groups attached to an aromatic ring is 1. The number of carbonyl (C=O) groups is 1. The van der Waals surface area contributed by atoms with Gasteiger partial charge in [-0.1, -0.05) is 11.3 Å². The lowest BCUT2D eigenvalue weighted by Crippen LogP contribution is -3.08. The lowest BCUT2D eigenvalue weighted by Gasteiger charge is -2.18. The molecule has 6 heteroatoms. The number of rotatable bonds is 1. The van der Waals surface area contributed by atoms with Gasteiger partial charge in [0.25, 0.3) is 10.7 Å². The fraction of sp³-hybridized carbons (Fsp3) is 0.333. The zero-order chi connectivity index (χ0) is 12.9. The molecule has 1 amide bonds. The molecule has 0 fully saturated rings. The van der Waals surface area contributed by atoms with E-state index in [-0.39, 0.29) is 0 Å². The van der Waals surface area contributed by atoms with Gasteiger partial charge >= 0.3 is 0 Å². The van der Waals surface area contributed by atoms with Crippen LogP contribution in [0.15, 0.2) is 6.07 Å². The fourth-order valence-corrected chi connectivity index (χ4v) is 3.46. The molecule has 2 aromatic heterocycles. The third-order valence-corrected chi connectivity index (χ3v) is 4.62. The second-order valence-electron chi connectivity index (χ2n) is 4.86. The number of carbonyl (C=O) groups excluding carboxylic acids is 1. The summed E-state index contributed by atoms with van der Waals surface area (Å²) in [5.74, 6) is -0.456. The van der Waals surface area contributed by atoms with Gasteiger partial charge in [0, 0.05) is 0 Å². The first-order valence-electron chi connectivity index (χ1n) is 5.93. The van der Waals surface area contributed by atoms with Crippen LogP contribution in [0.25, 0.3) is 10.2 Å². The quantitative estimate of drug-likeness (QED) is 0.615. The summed E-state index contributed by atoms with van der Waals surface area (Å²) >= 11 is 1.34. The molecule has 0 spiro atoms. The van der Waals surface area contributed by atoms with Gasteiger partial charge in [-0.05, 0) is 6.07 Å². The smallest absolute Gasteiger partial charge is 0.270 e. The monoisotopic (exact) mass is 264 g/mol. The van der Waals surface area contributed by atoms with E-state index in [9.17, 15) is 4.79 Å². The number of hydrogen-bond donors (Lipinski definition) is 3. The predicted molar refractivity (Wildman–Crippen MR) is 70.5 cm³/mol. The van der Waals surface area contributed by atoms with Crippen molar-refractivity contribution in [2.75, 3.05) is 19.3 Å². The van der Waals surface area contributed by atoms with Crippen molar-refractivity contribution in [1.29, 1.82) is 0 Å². The van der Waals surface area contributed by atoms with Crippen LogP contribution in [0.4, 0.5) is 5.69 Å². The van der Waals surface area contributed by atoms with Crippen molar-refractivity contribution in [3.8, 4) is 0 Å². The number of anilines is 1. The Morgan fingerprint density at radius 2 is 2.33 bits per heavy atom. The Morgan fingerprint density at radius 3 is 3.06 bits per heavy atom. The number of aromatic nitrogens is 1. The van der Waals surface area contributed by atoms with Gasteiger partial charge in [0.2, 0.25) is 0 Å². The van der Waals surface area contributed by atoms with Crippen molar-refractivity contribution < 1.29 is 14.7 Å². The molecular formula is C12H16N4OS+2. The summed E-state index contributed by atoms with van der Waals surface area (Å²) in [5.41, 5.74) is 14.4. The molecule has 0 radical (unpaired) electrons. The Bertz CT molecular complexity index is 649. The number of primary amides is 1. The number of hydrogen-bond acceptors (Lipinski definition) is 3. The first-order chi connectivity index (χ1) is 8.56. The van der Waals surface area contributed by atoms with E-state index >= 15 is 0 Å². The van der Waals surface area contributed by atoms with Crippen LogP contribution >= 0.6 is 11.3 Å². The van der Waals surface area contributed by atoms with E-state index in [4.69, 9.17) is 11.5 Å². The van der Waals surface area contributed by atoms with Crippen molar-refractivity contribution >= 4 is 33.1 Å². The molecule has 1 unspecified atom stereocenters. The van der Waals surface area contributed by atoms with Gasteiger partial charge in [-0.25, -0.2) is 0 Å². The first kappa shape index (κ1) is 11.4. The van der Waals surface area contributed by atoms with Gasteiger partial charge in [-0.2, -0.15) is 4.98 Å². The number of thiophene rings is 1. The van der Waals surface area contributed by atoms with Gasteiger partial charge in [-0.3, -0.25) is 4.79 Å². The highest BCUT2D eigenvalue weighted by Crippen LogP contribution is 2.31. The van der Waals surface area contributed by atoms with Crippen LogP contribution in [0.1, 0.15) is 20.9 Å². The van der Waals surface area contributed by atoms with Crippen LogP contribution in [-0.4, -0.2) is 19.5 Å². The predicted octanol–water partition coefficient (Wildman–Crippen LogP) is -1.03. The van der Waals surface area contributed by atoms with Crippen molar-refractivity contribution in [2.45, 2.75) is 13.0 Å². The zero-order valence-electron chi connectivity index (χ0n) is 10.2. The van der Waals surface area contributed by atoms with E-state index in [0.717, 1.165) is 29.7 Å². The summed E-state index contributed by atoms with van der Waals surface area (Å²) in [5, 5.41) is 0.919. The average Bonchev–Trinajstić information content (AvgIpc) is 2.64. The van der Waals surface area contributed by atoms with E-state index in [1.807, 2.05) is 0 Å². The van der Waals surface area contributed by atoms with Crippen LogP contribution < -0.4 is 21.4 Å². The number of nitrogens with one attached hydrogen (secondary N) is 2. The summed E-state index contributed by atoms with van der Waals surface area (Å²) in [6.07, 6.45) is 1.03. The molecule has 1 aliphatic heterocycles. The van der Waals surface area contributed by atoms with E-state index in [2.05, 4.69) is 18.1 Å². The minimum Gasteiger partial charge on any atom is -0.397 e. The molecule has 0 saturated carbocycles. The molecule has 5 nitrogen and oxygen atoms in total. The molecule has 0 saturated heterocycles. The van der Waals surface area contributed by atoms with Crippen LogP contribution in [-0.2, 0) is 13.0 Å². The SMILES string of the molecule is C[NH+]1CCc2[nH+]c3sc(C(N)=O)c(N)c3cc2C1. The number of quaternary nitrogens is 1. The lowest BCUT2D eigenvalue weighted by molar-refractivity contribution is -0.896. The standard InChI is InChI=1S/C12H14N4OS/c1-16-3-2-8-6(5-16)4-7-9(13)10(11(14)17)18-12(7)15-8/h4H,2-3,5,13H2,1H3,(H2,14,17)/p+2. The first-order valence-corrected chi connectivity index (χ1v) is 6.75. The second kappa shape index (κ2) is 3.93. The molecular weight excluding hydrogens is 248 g/mol. The zero-order valence-corrected chi connectivity index (χ0v) is 11.0. The number of nitrogens with two attached hydrogens (primary N) is 2. The molecule has 6 N–H and O–H groups in total. The number of fused-ring (bicyclic) bond motifs is 2. The molecule has 3 rings (SSSR count). The number of likely N-dealkylation sites (N-methyl/N-ethyl adjacent to an activating group) is 1. The summed E-state index contributed by atoms with van der Waals surface area (Å²) in [6, 6.07) is 2.10. The maximum Gasteiger partial charge on any atom is 0.270 e. The average molecular weight is 264 g/mol. The molecule has 18 heavy (non-hydrogen) atoms. The topological polar surface area (TPSA) is 87.7 Å². The van der Waals surface area contributed by atoms with E-state index in [1.165, 1.54) is 27.5 Å². The van der Waals surface area contributed by atoms with Gasteiger partial charge in [-0.15, -0.1) is 0 Å². The lowest BCUT2D eigenvalue weighted by atomic mass is 10.0. The highest BCUT2D eigenvalue weighted by molar-refractivity contribution is 7.20. The molecule has 0 aromatic carbocycles. The van der Waals surface area contributed by atoms with E-state index < -0.39 is 5.91 Å². The normalized spacial score (nSPS) is 18.8. The molecule has 0 aliphatic carbocycles. The van der Waals surface area contributed by atoms with Crippen molar-refractivity contribution in [3.63, 3.8) is 0 Å². The fourth-order valence-electron chi connectivity index (χ4n) is 2.49. The van der Waals surface area contributed by atoms with E-state index in [1.54, 1.807) is 0 Å². The Kier molecular flexibility index (Phi) is 2.49. The van der Waals surface area contributed by atoms with Gasteiger partial charge < -0.3 is 16.4 Å². The molecule has 2 aromatic rings. The highest BCUT2D eigenvalue weighted by atomic mass is 32.1. The maximum atomic E-state index is 11.3. The summed E-state index contributed by atoms with van der Waals surface area (Å²) in [6.45, 7) is 2.11. The molecule has 0 bridgehead atoms. The molecule has 1 atom stereocenters. The van der Waals surface area contributed by atoms with Crippen LogP contribution in [0, 0.1) is 0 Å². The van der Waals surface area contributed by atoms with Gasteiger partial charge in [0.15, 0.2) is 5.69 Å².